The van der Waals surface area contributed by atoms with E-state index in [0.29, 0.717) is 5.75 Å². The minimum Gasteiger partial charge on any atom is -0.484 e. The zero-order valence-corrected chi connectivity index (χ0v) is 14.1. The molecule has 0 spiro atoms. The van der Waals surface area contributed by atoms with Crippen LogP contribution in [0.4, 0.5) is 0 Å². The van der Waals surface area contributed by atoms with Crippen LogP contribution in [0.1, 0.15) is 6.42 Å². The highest BCUT2D eigenvalue weighted by Crippen LogP contribution is 2.07. The van der Waals surface area contributed by atoms with Crippen molar-refractivity contribution >= 4 is 20.0 Å². The molecule has 22 heavy (non-hydrogen) atoms. The molecule has 1 atom stereocenters. The van der Waals surface area contributed by atoms with Gasteiger partial charge in [0.05, 0.1) is 0 Å². The van der Waals surface area contributed by atoms with Crippen LogP contribution in [0.15, 0.2) is 30.3 Å². The predicted octanol–water partition coefficient (Wildman–Crippen LogP) is 1.91. The van der Waals surface area contributed by atoms with E-state index >= 15 is 0 Å². The highest BCUT2D eigenvalue weighted by atomic mass is 28.3. The number of carbonyl (C=O) groups is 2. The van der Waals surface area contributed by atoms with Crippen LogP contribution in [0.3, 0.4) is 0 Å². The molecule has 0 fully saturated rings. The average molecular weight is 319 g/mol. The smallest absolute Gasteiger partial charge is 0.327 e. The van der Waals surface area contributed by atoms with Gasteiger partial charge < -0.3 is 15.2 Å². The topological polar surface area (TPSA) is 75.6 Å². The molecule has 0 aliphatic heterocycles. The van der Waals surface area contributed by atoms with Crippen molar-refractivity contribution < 1.29 is 19.4 Å². The van der Waals surface area contributed by atoms with Crippen molar-refractivity contribution in [1.82, 2.24) is 5.32 Å². The standard InChI is InChI=1S/C16H21NO4Si/c1-22(2,3)11-7-10-14(16(19)20)17-15(18)12-21-13-8-5-4-6-9-13/h4-6,8-9,14H,10,12H2,1-3H3,(H,17,18)(H,19,20). The van der Waals surface area contributed by atoms with Crippen molar-refractivity contribution in [3.63, 3.8) is 0 Å². The largest absolute Gasteiger partial charge is 0.484 e. The second-order valence-electron chi connectivity index (χ2n) is 5.82. The number of carboxylic acids is 1. The van der Waals surface area contributed by atoms with Crippen molar-refractivity contribution in [1.29, 1.82) is 0 Å². The summed E-state index contributed by atoms with van der Waals surface area (Å²) >= 11 is 0. The van der Waals surface area contributed by atoms with Crippen LogP contribution in [0.25, 0.3) is 0 Å². The van der Waals surface area contributed by atoms with Gasteiger partial charge in [0.15, 0.2) is 6.61 Å². The molecule has 0 heterocycles. The van der Waals surface area contributed by atoms with Crippen LogP contribution in [0, 0.1) is 11.5 Å². The number of para-hydroxylation sites is 1. The molecular weight excluding hydrogens is 298 g/mol. The number of hydrogen-bond acceptors (Lipinski definition) is 3. The van der Waals surface area contributed by atoms with E-state index in [4.69, 9.17) is 9.84 Å². The van der Waals surface area contributed by atoms with E-state index in [1.54, 1.807) is 24.3 Å². The molecule has 0 aliphatic carbocycles. The van der Waals surface area contributed by atoms with E-state index in [1.165, 1.54) is 0 Å². The zero-order valence-electron chi connectivity index (χ0n) is 13.1. The number of carboxylic acid groups (broad SMARTS) is 1. The molecule has 1 rings (SSSR count). The molecular formula is C16H21NO4Si. The third-order valence-corrected chi connectivity index (χ3v) is 3.44. The van der Waals surface area contributed by atoms with Gasteiger partial charge in [0.25, 0.3) is 5.91 Å². The Hall–Kier alpha value is -2.26. The summed E-state index contributed by atoms with van der Waals surface area (Å²) in [6, 6.07) is 7.85. The number of ether oxygens (including phenoxy) is 1. The molecule has 118 valence electrons. The number of aliphatic carboxylic acids is 1. The van der Waals surface area contributed by atoms with E-state index in [0.717, 1.165) is 0 Å². The lowest BCUT2D eigenvalue weighted by atomic mass is 10.2. The summed E-state index contributed by atoms with van der Waals surface area (Å²) in [5.41, 5.74) is 3.08. The van der Waals surface area contributed by atoms with Crippen LogP contribution >= 0.6 is 0 Å². The van der Waals surface area contributed by atoms with Gasteiger partial charge in [0.1, 0.15) is 19.9 Å². The Morgan fingerprint density at radius 3 is 2.45 bits per heavy atom. The quantitative estimate of drug-likeness (QED) is 0.620. The summed E-state index contributed by atoms with van der Waals surface area (Å²) in [5.74, 6) is 1.84. The van der Waals surface area contributed by atoms with Gasteiger partial charge in [-0.25, -0.2) is 4.79 Å². The maximum atomic E-state index is 11.8. The third-order valence-electron chi connectivity index (χ3n) is 2.52. The van der Waals surface area contributed by atoms with Crippen molar-refractivity contribution in [2.75, 3.05) is 6.61 Å². The Bertz CT molecular complexity index is 569. The summed E-state index contributed by atoms with van der Waals surface area (Å²) in [7, 11) is -1.55. The first-order chi connectivity index (χ1) is 10.3. The third kappa shape index (κ3) is 7.50. The van der Waals surface area contributed by atoms with Crippen LogP contribution < -0.4 is 10.1 Å². The highest BCUT2D eigenvalue weighted by Gasteiger charge is 2.19. The van der Waals surface area contributed by atoms with Gasteiger partial charge in [-0.05, 0) is 12.1 Å². The van der Waals surface area contributed by atoms with Gasteiger partial charge in [-0.15, -0.1) is 11.5 Å². The van der Waals surface area contributed by atoms with E-state index in [9.17, 15) is 9.59 Å². The van der Waals surface area contributed by atoms with E-state index in [2.05, 4.69) is 36.4 Å². The van der Waals surface area contributed by atoms with Gasteiger partial charge in [-0.1, -0.05) is 37.8 Å². The number of hydrogen-bond donors (Lipinski definition) is 2. The molecule has 0 aliphatic rings. The Kier molecular flexibility index (Phi) is 6.67. The second-order valence-corrected chi connectivity index (χ2v) is 10.6. The highest BCUT2D eigenvalue weighted by molar-refractivity contribution is 6.83. The molecule has 1 aromatic rings. The molecule has 1 amide bonds. The average Bonchev–Trinajstić information content (AvgIpc) is 2.43. The lowest BCUT2D eigenvalue weighted by Crippen LogP contribution is -2.42. The Balaban J connectivity index is 2.50. The minimum absolute atomic E-state index is 0.0939. The molecule has 1 unspecified atom stereocenters. The summed E-state index contributed by atoms with van der Waals surface area (Å²) in [6.45, 7) is 5.99. The summed E-state index contributed by atoms with van der Waals surface area (Å²) in [6.07, 6.45) is 0.0939. The molecule has 6 heteroatoms. The Morgan fingerprint density at radius 1 is 1.27 bits per heavy atom. The van der Waals surface area contributed by atoms with Crippen molar-refractivity contribution in [2.24, 2.45) is 0 Å². The van der Waals surface area contributed by atoms with Crippen LogP contribution in [0.5, 0.6) is 5.75 Å². The molecule has 0 saturated heterocycles. The van der Waals surface area contributed by atoms with E-state index in [-0.39, 0.29) is 13.0 Å². The van der Waals surface area contributed by atoms with E-state index < -0.39 is 26.0 Å². The minimum atomic E-state index is -1.55. The number of rotatable bonds is 6. The second kappa shape index (κ2) is 8.25. The first-order valence-electron chi connectivity index (χ1n) is 6.98. The summed E-state index contributed by atoms with van der Waals surface area (Å²) in [4.78, 5) is 22.9. The van der Waals surface area contributed by atoms with Gasteiger partial charge in [-0.3, -0.25) is 4.79 Å². The first kappa shape index (κ1) is 17.8. The molecule has 0 saturated carbocycles. The van der Waals surface area contributed by atoms with Crippen LogP contribution in [-0.4, -0.2) is 37.7 Å². The lowest BCUT2D eigenvalue weighted by molar-refractivity contribution is -0.141. The van der Waals surface area contributed by atoms with Crippen LogP contribution in [0.2, 0.25) is 19.6 Å². The van der Waals surface area contributed by atoms with Gasteiger partial charge in [0.2, 0.25) is 0 Å². The van der Waals surface area contributed by atoms with Gasteiger partial charge in [-0.2, -0.15) is 0 Å². The Morgan fingerprint density at radius 2 is 1.91 bits per heavy atom. The first-order valence-corrected chi connectivity index (χ1v) is 10.5. The predicted molar refractivity (Wildman–Crippen MR) is 87.2 cm³/mol. The molecule has 2 N–H and O–H groups in total. The molecule has 0 radical (unpaired) electrons. The number of amides is 1. The SMILES string of the molecule is C[Si](C)(C)C#CCC(NC(=O)COc1ccccc1)C(=O)O. The van der Waals surface area contributed by atoms with Crippen molar-refractivity contribution in [3.8, 4) is 17.2 Å². The maximum absolute atomic E-state index is 11.8. The molecule has 5 nitrogen and oxygen atoms in total. The fourth-order valence-electron chi connectivity index (χ4n) is 1.52. The molecule has 1 aromatic carbocycles. The number of carbonyl (C=O) groups excluding carboxylic acids is 1. The summed E-state index contributed by atoms with van der Waals surface area (Å²) in [5, 5.41) is 11.5. The monoisotopic (exact) mass is 319 g/mol. The lowest BCUT2D eigenvalue weighted by Gasteiger charge is -2.13. The zero-order chi connectivity index (χ0) is 16.6. The fourth-order valence-corrected chi connectivity index (χ4v) is 2.15. The number of benzene rings is 1. The van der Waals surface area contributed by atoms with Crippen LogP contribution in [-0.2, 0) is 9.59 Å². The fraction of sp³-hybridized carbons (Fsp3) is 0.375. The van der Waals surface area contributed by atoms with Gasteiger partial charge >= 0.3 is 5.97 Å². The molecule has 0 aromatic heterocycles. The maximum Gasteiger partial charge on any atom is 0.327 e. The van der Waals surface area contributed by atoms with Gasteiger partial charge in [0, 0.05) is 6.42 Å². The number of nitrogens with one attached hydrogen (secondary N) is 1. The normalized spacial score (nSPS) is 11.8. The van der Waals surface area contributed by atoms with E-state index in [1.807, 2.05) is 6.07 Å². The summed E-state index contributed by atoms with van der Waals surface area (Å²) < 4.78 is 5.27. The van der Waals surface area contributed by atoms with Crippen molar-refractivity contribution in [3.05, 3.63) is 30.3 Å². The van der Waals surface area contributed by atoms with Crippen molar-refractivity contribution in [2.45, 2.75) is 32.1 Å². The Labute approximate surface area is 131 Å². The molecule has 0 bridgehead atoms.